The Labute approximate surface area is 137 Å². The van der Waals surface area contributed by atoms with Crippen LogP contribution in [0.2, 0.25) is 0 Å². The highest BCUT2D eigenvalue weighted by Crippen LogP contribution is 2.20. The van der Waals surface area contributed by atoms with E-state index in [1.807, 2.05) is 6.92 Å². The van der Waals surface area contributed by atoms with Crippen LogP contribution in [-0.4, -0.2) is 41.6 Å². The lowest BCUT2D eigenvalue weighted by Crippen LogP contribution is -2.33. The van der Waals surface area contributed by atoms with Gasteiger partial charge in [0.2, 0.25) is 0 Å². The predicted molar refractivity (Wildman–Crippen MR) is 93.3 cm³/mol. The summed E-state index contributed by atoms with van der Waals surface area (Å²) in [6.07, 6.45) is 10.6. The van der Waals surface area contributed by atoms with Crippen molar-refractivity contribution in [3.8, 4) is 0 Å². The molecular formula is C16H35Cl2NO. The van der Waals surface area contributed by atoms with Crippen molar-refractivity contribution in [2.75, 3.05) is 14.1 Å². The molecule has 0 amide bonds. The number of hydrogen-bond acceptors (Lipinski definition) is 2. The lowest BCUT2D eigenvalue weighted by atomic mass is 10.00. The van der Waals surface area contributed by atoms with Crippen LogP contribution in [0.4, 0.5) is 0 Å². The normalized spacial score (nSPS) is 15.8. The second kappa shape index (κ2) is 14.4. The minimum absolute atomic E-state index is 0. The average Bonchev–Trinajstić information content (AvgIpc) is 2.32. The van der Waals surface area contributed by atoms with Gasteiger partial charge in [-0.25, -0.2) is 0 Å². The quantitative estimate of drug-likeness (QED) is 0.409. The van der Waals surface area contributed by atoms with Gasteiger partial charge in [-0.3, -0.25) is 0 Å². The maximum absolute atomic E-state index is 9.51. The van der Waals surface area contributed by atoms with E-state index in [1.54, 1.807) is 0 Å². The Bertz CT molecular complexity index is 201. The van der Waals surface area contributed by atoms with E-state index in [9.17, 15) is 5.11 Å². The molecule has 3 atom stereocenters. The highest BCUT2D eigenvalue weighted by molar-refractivity contribution is 6.20. The summed E-state index contributed by atoms with van der Waals surface area (Å²) in [6.45, 7) is 4.10. The van der Waals surface area contributed by atoms with Crippen molar-refractivity contribution in [1.82, 2.24) is 4.90 Å². The average molecular weight is 328 g/mol. The highest BCUT2D eigenvalue weighted by Gasteiger charge is 2.18. The van der Waals surface area contributed by atoms with Gasteiger partial charge in [0.25, 0.3) is 0 Å². The van der Waals surface area contributed by atoms with E-state index in [2.05, 4.69) is 25.9 Å². The molecule has 0 rings (SSSR count). The molecule has 1 N–H and O–H groups in total. The van der Waals surface area contributed by atoms with Gasteiger partial charge in [0.05, 0.1) is 6.10 Å². The number of aliphatic hydroxyl groups is 1. The predicted octanol–water partition coefficient (Wildman–Crippen LogP) is 4.86. The summed E-state index contributed by atoms with van der Waals surface area (Å²) in [6, 6.07) is 0.391. The van der Waals surface area contributed by atoms with Crippen LogP contribution in [0.3, 0.4) is 0 Å². The van der Waals surface area contributed by atoms with Gasteiger partial charge in [-0.2, -0.15) is 0 Å². The molecule has 0 aromatic carbocycles. The van der Waals surface area contributed by atoms with Crippen molar-refractivity contribution in [2.45, 2.75) is 89.2 Å². The van der Waals surface area contributed by atoms with Crippen molar-refractivity contribution in [3.05, 3.63) is 0 Å². The number of rotatable bonds is 12. The Kier molecular flexibility index (Phi) is 16.4. The fourth-order valence-electron chi connectivity index (χ4n) is 2.47. The van der Waals surface area contributed by atoms with Gasteiger partial charge in [-0.05, 0) is 40.3 Å². The number of alkyl halides is 1. The van der Waals surface area contributed by atoms with Crippen LogP contribution in [-0.2, 0) is 0 Å². The topological polar surface area (TPSA) is 23.5 Å². The molecule has 0 radical (unpaired) electrons. The minimum atomic E-state index is -0.245. The van der Waals surface area contributed by atoms with Crippen molar-refractivity contribution in [2.24, 2.45) is 0 Å². The SMILES string of the molecule is CCCCCCCCC(Cl)CC(CC(C)O)N(C)C.Cl. The van der Waals surface area contributed by atoms with E-state index < -0.39 is 0 Å². The van der Waals surface area contributed by atoms with E-state index in [0.29, 0.717) is 6.04 Å². The standard InChI is InChI=1S/C16H34ClNO.ClH/c1-5-6-7-8-9-10-11-15(17)13-16(18(3)4)12-14(2)19;/h14-16,19H,5-13H2,1-4H3;1H. The molecular weight excluding hydrogens is 293 g/mol. The number of hydrogen-bond donors (Lipinski definition) is 1. The maximum Gasteiger partial charge on any atom is 0.0527 e. The van der Waals surface area contributed by atoms with Crippen LogP contribution >= 0.6 is 24.0 Å². The van der Waals surface area contributed by atoms with Crippen molar-refractivity contribution in [1.29, 1.82) is 0 Å². The van der Waals surface area contributed by atoms with Gasteiger partial charge in [0.1, 0.15) is 0 Å². The molecule has 0 bridgehead atoms. The minimum Gasteiger partial charge on any atom is -0.393 e. The number of aliphatic hydroxyl groups excluding tert-OH is 1. The second-order valence-electron chi connectivity index (χ2n) is 6.09. The van der Waals surface area contributed by atoms with Crippen LogP contribution in [0.1, 0.15) is 71.6 Å². The first-order chi connectivity index (χ1) is 8.97. The molecule has 0 spiro atoms. The largest absolute Gasteiger partial charge is 0.393 e. The molecule has 2 nitrogen and oxygen atoms in total. The lowest BCUT2D eigenvalue weighted by molar-refractivity contribution is 0.133. The molecule has 0 aromatic rings. The Morgan fingerprint density at radius 2 is 1.55 bits per heavy atom. The molecule has 20 heavy (non-hydrogen) atoms. The first-order valence-corrected chi connectivity index (χ1v) is 8.39. The maximum atomic E-state index is 9.51. The molecule has 0 aliphatic heterocycles. The van der Waals surface area contributed by atoms with E-state index in [0.717, 1.165) is 19.3 Å². The fraction of sp³-hybridized carbons (Fsp3) is 1.00. The third-order valence-corrected chi connectivity index (χ3v) is 4.14. The lowest BCUT2D eigenvalue weighted by Gasteiger charge is -2.27. The van der Waals surface area contributed by atoms with Crippen LogP contribution in [0.5, 0.6) is 0 Å². The zero-order valence-corrected chi connectivity index (χ0v) is 15.3. The molecule has 124 valence electrons. The molecule has 3 unspecified atom stereocenters. The van der Waals surface area contributed by atoms with Crippen molar-refractivity contribution < 1.29 is 5.11 Å². The van der Waals surface area contributed by atoms with Crippen molar-refractivity contribution in [3.63, 3.8) is 0 Å². The van der Waals surface area contributed by atoms with Crippen LogP contribution in [0.25, 0.3) is 0 Å². The summed E-state index contributed by atoms with van der Waals surface area (Å²) in [5.74, 6) is 0. The van der Waals surface area contributed by atoms with Gasteiger partial charge < -0.3 is 10.0 Å². The summed E-state index contributed by atoms with van der Waals surface area (Å²) in [5, 5.41) is 9.76. The van der Waals surface area contributed by atoms with Gasteiger partial charge in [-0.1, -0.05) is 45.4 Å². The monoisotopic (exact) mass is 327 g/mol. The zero-order valence-electron chi connectivity index (χ0n) is 13.8. The summed E-state index contributed by atoms with van der Waals surface area (Å²) in [7, 11) is 4.14. The Morgan fingerprint density at radius 3 is 2.05 bits per heavy atom. The Hall–Kier alpha value is 0.500. The van der Waals surface area contributed by atoms with Gasteiger partial charge in [-0.15, -0.1) is 24.0 Å². The summed E-state index contributed by atoms with van der Waals surface area (Å²) >= 11 is 6.43. The first kappa shape index (κ1) is 22.8. The van der Waals surface area contributed by atoms with Gasteiger partial charge in [0, 0.05) is 11.4 Å². The zero-order chi connectivity index (χ0) is 14.7. The molecule has 0 aliphatic carbocycles. The number of halogens is 2. The van der Waals surface area contributed by atoms with E-state index in [-0.39, 0.29) is 23.9 Å². The molecule has 0 heterocycles. The fourth-order valence-corrected chi connectivity index (χ4v) is 2.83. The van der Waals surface area contributed by atoms with Crippen LogP contribution in [0.15, 0.2) is 0 Å². The summed E-state index contributed by atoms with van der Waals surface area (Å²) in [4.78, 5) is 2.18. The Balaban J connectivity index is 0. The third-order valence-electron chi connectivity index (χ3n) is 3.74. The van der Waals surface area contributed by atoms with Crippen molar-refractivity contribution >= 4 is 24.0 Å². The van der Waals surface area contributed by atoms with Gasteiger partial charge in [0.15, 0.2) is 0 Å². The summed E-state index contributed by atoms with van der Waals surface area (Å²) in [5.41, 5.74) is 0. The third kappa shape index (κ3) is 13.5. The molecule has 4 heteroatoms. The van der Waals surface area contributed by atoms with E-state index >= 15 is 0 Å². The van der Waals surface area contributed by atoms with E-state index in [1.165, 1.54) is 38.5 Å². The van der Waals surface area contributed by atoms with Gasteiger partial charge >= 0.3 is 0 Å². The van der Waals surface area contributed by atoms with E-state index in [4.69, 9.17) is 11.6 Å². The molecule has 0 saturated carbocycles. The smallest absolute Gasteiger partial charge is 0.0527 e. The Morgan fingerprint density at radius 1 is 1.00 bits per heavy atom. The summed E-state index contributed by atoms with van der Waals surface area (Å²) < 4.78 is 0. The highest BCUT2D eigenvalue weighted by atomic mass is 35.5. The number of unbranched alkanes of at least 4 members (excludes halogenated alkanes) is 5. The molecule has 0 aromatic heterocycles. The molecule has 0 saturated heterocycles. The van der Waals surface area contributed by atoms with Crippen LogP contribution in [0, 0.1) is 0 Å². The number of nitrogens with zero attached hydrogens (tertiary/aromatic N) is 1. The first-order valence-electron chi connectivity index (χ1n) is 7.95. The molecule has 0 fully saturated rings. The molecule has 0 aliphatic rings. The second-order valence-corrected chi connectivity index (χ2v) is 6.71. The van der Waals surface area contributed by atoms with Crippen LogP contribution < -0.4 is 0 Å².